The zero-order valence-corrected chi connectivity index (χ0v) is 18.8. The van der Waals surface area contributed by atoms with Crippen LogP contribution in [-0.4, -0.2) is 60.3 Å². The maximum absolute atomic E-state index is 11.1. The molecular weight excluding hydrogens is 436 g/mol. The Labute approximate surface area is 184 Å². The van der Waals surface area contributed by atoms with E-state index in [0.717, 1.165) is 57.5 Å². The van der Waals surface area contributed by atoms with E-state index in [0.29, 0.717) is 13.1 Å². The van der Waals surface area contributed by atoms with Gasteiger partial charge in [-0.2, -0.15) is 5.10 Å². The van der Waals surface area contributed by atoms with Crippen LogP contribution in [0.5, 0.6) is 0 Å². The second-order valence-corrected chi connectivity index (χ2v) is 10.1. The van der Waals surface area contributed by atoms with Gasteiger partial charge in [0.2, 0.25) is 10.0 Å². The van der Waals surface area contributed by atoms with Crippen molar-refractivity contribution in [3.8, 4) is 11.3 Å². The van der Waals surface area contributed by atoms with Crippen LogP contribution in [0.15, 0.2) is 35.6 Å². The zero-order chi connectivity index (χ0) is 21.8. The van der Waals surface area contributed by atoms with Gasteiger partial charge in [0.05, 0.1) is 18.1 Å². The summed E-state index contributed by atoms with van der Waals surface area (Å²) in [5.74, 6) is 1.11. The third-order valence-corrected chi connectivity index (χ3v) is 6.34. The fraction of sp³-hybridized carbons (Fsp3) is 0.368. The lowest BCUT2D eigenvalue weighted by molar-refractivity contribution is 0.555. The largest absolute Gasteiger partial charge is 0.320 e. The summed E-state index contributed by atoms with van der Waals surface area (Å²) in [5, 5.41) is 14.3. The Bertz CT molecular complexity index is 1230. The van der Waals surface area contributed by atoms with E-state index in [1.807, 2.05) is 25.1 Å². The molecule has 31 heavy (non-hydrogen) atoms. The van der Waals surface area contributed by atoms with Crippen molar-refractivity contribution in [2.75, 3.05) is 31.2 Å². The second kappa shape index (κ2) is 9.22. The van der Waals surface area contributed by atoms with Crippen molar-refractivity contribution in [1.82, 2.24) is 30.2 Å². The first-order valence-corrected chi connectivity index (χ1v) is 12.5. The number of aromatic amines is 1. The summed E-state index contributed by atoms with van der Waals surface area (Å²) >= 11 is 1.49. The summed E-state index contributed by atoms with van der Waals surface area (Å²) in [6.07, 6.45) is 7.51. The van der Waals surface area contributed by atoms with Gasteiger partial charge in [-0.3, -0.25) is 5.10 Å². The lowest BCUT2D eigenvalue weighted by atomic mass is 10.0. The third-order valence-electron chi connectivity index (χ3n) is 4.73. The molecular formula is C19H24N8O2S2. The van der Waals surface area contributed by atoms with Crippen LogP contribution in [-0.2, 0) is 10.0 Å². The van der Waals surface area contributed by atoms with E-state index in [1.54, 1.807) is 12.4 Å². The summed E-state index contributed by atoms with van der Waals surface area (Å²) in [7, 11) is -3.15. The molecule has 3 aromatic heterocycles. The number of anilines is 1. The molecule has 1 atom stereocenters. The number of rotatable bonds is 8. The summed E-state index contributed by atoms with van der Waals surface area (Å²) < 4.78 is 24.6. The standard InChI is InChI=1S/C19H24N8O2S2/c1-12-14(11-22-27-12)15-3-4-16-18(24-15)30-19(25-16)26-17-9-13(5-6-21-17)10-20-7-8-23-31(2,28)29/h3-6,11,13,20,23H,7-10H2,1-2H3,(H,22,27)(H,21,25,26). The molecule has 4 heterocycles. The van der Waals surface area contributed by atoms with E-state index >= 15 is 0 Å². The second-order valence-electron chi connectivity index (χ2n) is 7.33. The van der Waals surface area contributed by atoms with Crippen LogP contribution >= 0.6 is 11.3 Å². The Morgan fingerprint density at radius 1 is 1.26 bits per heavy atom. The predicted octanol–water partition coefficient (Wildman–Crippen LogP) is 1.87. The van der Waals surface area contributed by atoms with Crippen molar-refractivity contribution in [1.29, 1.82) is 0 Å². The minimum atomic E-state index is -3.15. The molecule has 10 nitrogen and oxygen atoms in total. The molecule has 0 saturated heterocycles. The minimum Gasteiger partial charge on any atom is -0.320 e. The van der Waals surface area contributed by atoms with Crippen LogP contribution in [0, 0.1) is 12.8 Å². The summed E-state index contributed by atoms with van der Waals surface area (Å²) in [4.78, 5) is 14.6. The highest BCUT2D eigenvalue weighted by atomic mass is 32.2. The Balaban J connectivity index is 1.34. The smallest absolute Gasteiger partial charge is 0.208 e. The number of H-pyrrole nitrogens is 1. The number of fused-ring (bicyclic) bond motifs is 1. The van der Waals surface area contributed by atoms with Crippen LogP contribution in [0.3, 0.4) is 0 Å². The molecule has 3 aromatic rings. The van der Waals surface area contributed by atoms with E-state index in [4.69, 9.17) is 4.98 Å². The van der Waals surface area contributed by atoms with Gasteiger partial charge in [-0.1, -0.05) is 17.4 Å². The molecule has 1 aliphatic heterocycles. The van der Waals surface area contributed by atoms with Gasteiger partial charge in [0.25, 0.3) is 0 Å². The quantitative estimate of drug-likeness (QED) is 0.377. The number of hydrogen-bond acceptors (Lipinski definition) is 9. The number of hydrogen-bond donors (Lipinski definition) is 4. The number of sulfonamides is 1. The van der Waals surface area contributed by atoms with Crippen LogP contribution in [0.1, 0.15) is 12.1 Å². The molecule has 0 aliphatic carbocycles. The van der Waals surface area contributed by atoms with E-state index < -0.39 is 10.0 Å². The molecule has 164 valence electrons. The molecule has 1 aliphatic rings. The maximum Gasteiger partial charge on any atom is 0.208 e. The van der Waals surface area contributed by atoms with E-state index in [2.05, 4.69) is 35.5 Å². The first kappa shape index (κ1) is 21.6. The van der Waals surface area contributed by atoms with Crippen molar-refractivity contribution in [3.05, 3.63) is 36.3 Å². The molecule has 0 aromatic carbocycles. The maximum atomic E-state index is 11.1. The molecule has 4 N–H and O–H groups in total. The zero-order valence-electron chi connectivity index (χ0n) is 17.2. The highest BCUT2D eigenvalue weighted by molar-refractivity contribution is 7.88. The van der Waals surface area contributed by atoms with Crippen molar-refractivity contribution in [3.63, 3.8) is 0 Å². The van der Waals surface area contributed by atoms with Crippen LogP contribution in [0.25, 0.3) is 21.6 Å². The number of thiazole rings is 1. The molecule has 0 radical (unpaired) electrons. The molecule has 0 fully saturated rings. The average molecular weight is 461 g/mol. The summed E-state index contributed by atoms with van der Waals surface area (Å²) in [5.41, 5.74) is 3.66. The van der Waals surface area contributed by atoms with Crippen LogP contribution in [0.4, 0.5) is 5.13 Å². The fourth-order valence-electron chi connectivity index (χ4n) is 3.21. The third kappa shape index (κ3) is 5.73. The van der Waals surface area contributed by atoms with Crippen LogP contribution in [0.2, 0.25) is 0 Å². The monoisotopic (exact) mass is 460 g/mol. The molecule has 0 amide bonds. The predicted molar refractivity (Wildman–Crippen MR) is 124 cm³/mol. The van der Waals surface area contributed by atoms with Gasteiger partial charge >= 0.3 is 0 Å². The molecule has 4 rings (SSSR count). The lowest BCUT2D eigenvalue weighted by Crippen LogP contribution is -2.34. The first-order valence-electron chi connectivity index (χ1n) is 9.81. The van der Waals surface area contributed by atoms with Gasteiger partial charge in [0, 0.05) is 43.5 Å². The fourth-order valence-corrected chi connectivity index (χ4v) is 4.54. The Kier molecular flexibility index (Phi) is 6.41. The number of aliphatic imine (C=N–C) groups is 1. The van der Waals surface area contributed by atoms with Gasteiger partial charge in [0.15, 0.2) is 5.13 Å². The summed E-state index contributed by atoms with van der Waals surface area (Å²) in [6.45, 7) is 3.64. The molecule has 1 unspecified atom stereocenters. The van der Waals surface area contributed by atoms with Crippen molar-refractivity contribution < 1.29 is 8.42 Å². The topological polar surface area (TPSA) is 137 Å². The van der Waals surface area contributed by atoms with Gasteiger partial charge < -0.3 is 10.6 Å². The van der Waals surface area contributed by atoms with E-state index in [1.165, 1.54) is 11.3 Å². The molecule has 0 bridgehead atoms. The molecule has 12 heteroatoms. The lowest BCUT2D eigenvalue weighted by Gasteiger charge is -2.18. The Hall–Kier alpha value is -2.67. The highest BCUT2D eigenvalue weighted by Gasteiger charge is 2.15. The number of nitrogens with zero attached hydrogens (tertiary/aromatic N) is 4. The molecule has 0 spiro atoms. The van der Waals surface area contributed by atoms with Gasteiger partial charge in [-0.15, -0.1) is 0 Å². The Morgan fingerprint density at radius 3 is 2.90 bits per heavy atom. The number of nitrogens with one attached hydrogen (secondary N) is 4. The normalized spacial score (nSPS) is 16.6. The number of aryl methyl sites for hydroxylation is 1. The van der Waals surface area contributed by atoms with Crippen molar-refractivity contribution in [2.24, 2.45) is 10.9 Å². The number of amidine groups is 1. The first-order chi connectivity index (χ1) is 14.9. The van der Waals surface area contributed by atoms with Crippen LogP contribution < -0.4 is 15.4 Å². The highest BCUT2D eigenvalue weighted by Crippen LogP contribution is 2.28. The van der Waals surface area contributed by atoms with Gasteiger partial charge in [-0.25, -0.2) is 28.1 Å². The van der Waals surface area contributed by atoms with E-state index in [9.17, 15) is 8.42 Å². The Morgan fingerprint density at radius 2 is 2.13 bits per heavy atom. The van der Waals surface area contributed by atoms with E-state index in [-0.39, 0.29) is 5.92 Å². The van der Waals surface area contributed by atoms with Gasteiger partial charge in [0.1, 0.15) is 16.2 Å². The average Bonchev–Trinajstić information content (AvgIpc) is 3.31. The minimum absolute atomic E-state index is 0.265. The summed E-state index contributed by atoms with van der Waals surface area (Å²) in [6, 6.07) is 3.91. The SMILES string of the molecule is Cc1[nH]ncc1-c1ccc2nc(NC3=NC=CC(CNCCNS(C)(=O)=O)C3)sc2n1. The number of aromatic nitrogens is 4. The molecule has 0 saturated carbocycles. The number of pyridine rings is 1. The van der Waals surface area contributed by atoms with Crippen molar-refractivity contribution >= 4 is 42.7 Å². The van der Waals surface area contributed by atoms with Gasteiger partial charge in [-0.05, 0) is 25.0 Å². The van der Waals surface area contributed by atoms with Crippen molar-refractivity contribution in [2.45, 2.75) is 13.3 Å².